The van der Waals surface area contributed by atoms with E-state index >= 15 is 0 Å². The molecule has 0 bridgehead atoms. The van der Waals surface area contributed by atoms with E-state index in [1.54, 1.807) is 6.92 Å². The van der Waals surface area contributed by atoms with Crippen LogP contribution in [-0.4, -0.2) is 27.9 Å². The third kappa shape index (κ3) is 2.54. The summed E-state index contributed by atoms with van der Waals surface area (Å²) in [6.07, 6.45) is 1.42. The zero-order valence-corrected chi connectivity index (χ0v) is 7.82. The summed E-state index contributed by atoms with van der Waals surface area (Å²) >= 11 is 0. The fourth-order valence-electron chi connectivity index (χ4n) is 0.942. The molecule has 0 aliphatic heterocycles. The first kappa shape index (κ1) is 10.7. The van der Waals surface area contributed by atoms with E-state index in [2.05, 4.69) is 4.98 Å². The van der Waals surface area contributed by atoms with Gasteiger partial charge in [-0.3, -0.25) is 14.3 Å². The molecule has 1 aromatic heterocycles. The lowest BCUT2D eigenvalue weighted by molar-refractivity contribution is 0.0456. The number of nitrogens with zero attached hydrogens (tertiary/aromatic N) is 1. The van der Waals surface area contributed by atoms with Gasteiger partial charge >= 0.3 is 5.69 Å². The Balaban J connectivity index is 2.82. The fourth-order valence-corrected chi connectivity index (χ4v) is 0.942. The second-order valence-corrected chi connectivity index (χ2v) is 2.80. The first-order valence-electron chi connectivity index (χ1n) is 4.14. The Hall–Kier alpha value is -1.40. The van der Waals surface area contributed by atoms with Crippen molar-refractivity contribution in [3.63, 3.8) is 0 Å². The normalized spacial score (nSPS) is 10.4. The predicted octanol–water partition coefficient (Wildman–Crippen LogP) is -1.19. The van der Waals surface area contributed by atoms with Gasteiger partial charge in [0.2, 0.25) is 0 Å². The first-order chi connectivity index (χ1) is 6.65. The Bertz CT molecular complexity index is 407. The number of hydrogen-bond donors (Lipinski definition) is 2. The number of aromatic nitrogens is 2. The number of aryl methyl sites for hydroxylation is 1. The van der Waals surface area contributed by atoms with Crippen molar-refractivity contribution in [2.75, 3.05) is 13.2 Å². The van der Waals surface area contributed by atoms with Crippen molar-refractivity contribution in [2.45, 2.75) is 13.7 Å². The van der Waals surface area contributed by atoms with E-state index in [-0.39, 0.29) is 19.9 Å². The van der Waals surface area contributed by atoms with Crippen LogP contribution >= 0.6 is 0 Å². The van der Waals surface area contributed by atoms with Crippen molar-refractivity contribution in [3.05, 3.63) is 32.6 Å². The van der Waals surface area contributed by atoms with Crippen molar-refractivity contribution in [1.82, 2.24) is 9.55 Å². The number of rotatable bonds is 4. The molecule has 0 amide bonds. The molecule has 0 aromatic carbocycles. The molecule has 14 heavy (non-hydrogen) atoms. The Morgan fingerprint density at radius 2 is 2.29 bits per heavy atom. The van der Waals surface area contributed by atoms with Crippen LogP contribution in [0.15, 0.2) is 15.8 Å². The van der Waals surface area contributed by atoms with Gasteiger partial charge < -0.3 is 9.84 Å². The molecule has 0 saturated carbocycles. The maximum atomic E-state index is 11.2. The first-order valence-corrected chi connectivity index (χ1v) is 4.14. The number of aromatic amines is 1. The molecule has 1 rings (SSSR count). The highest BCUT2D eigenvalue weighted by molar-refractivity contribution is 5.00. The van der Waals surface area contributed by atoms with Gasteiger partial charge in [-0.1, -0.05) is 0 Å². The smallest absolute Gasteiger partial charge is 0.330 e. The molecular weight excluding hydrogens is 188 g/mol. The minimum atomic E-state index is -0.515. The Morgan fingerprint density at radius 3 is 2.93 bits per heavy atom. The van der Waals surface area contributed by atoms with Crippen molar-refractivity contribution in [1.29, 1.82) is 0 Å². The van der Waals surface area contributed by atoms with Crippen LogP contribution < -0.4 is 11.2 Å². The summed E-state index contributed by atoms with van der Waals surface area (Å²) in [5.41, 5.74) is -0.468. The van der Waals surface area contributed by atoms with Crippen molar-refractivity contribution < 1.29 is 9.84 Å². The molecule has 2 N–H and O–H groups in total. The summed E-state index contributed by atoms with van der Waals surface area (Å²) in [7, 11) is 0. The third-order valence-corrected chi connectivity index (χ3v) is 1.65. The average molecular weight is 200 g/mol. The Kier molecular flexibility index (Phi) is 3.61. The second kappa shape index (κ2) is 4.73. The van der Waals surface area contributed by atoms with Gasteiger partial charge in [-0.25, -0.2) is 4.79 Å². The van der Waals surface area contributed by atoms with E-state index in [0.717, 1.165) is 0 Å². The monoisotopic (exact) mass is 200 g/mol. The summed E-state index contributed by atoms with van der Waals surface area (Å²) < 4.78 is 6.16. The lowest BCUT2D eigenvalue weighted by Gasteiger charge is -2.05. The van der Waals surface area contributed by atoms with Crippen LogP contribution in [0.2, 0.25) is 0 Å². The Morgan fingerprint density at radius 1 is 1.57 bits per heavy atom. The molecule has 0 radical (unpaired) electrons. The maximum Gasteiger partial charge on any atom is 0.330 e. The van der Waals surface area contributed by atoms with E-state index in [1.165, 1.54) is 10.8 Å². The summed E-state index contributed by atoms with van der Waals surface area (Å²) in [6.45, 7) is 1.68. The van der Waals surface area contributed by atoms with Crippen LogP contribution in [0.5, 0.6) is 0 Å². The molecule has 0 spiro atoms. The molecule has 1 heterocycles. The van der Waals surface area contributed by atoms with Gasteiger partial charge in [0.25, 0.3) is 5.56 Å². The molecule has 0 atom stereocenters. The van der Waals surface area contributed by atoms with Crippen LogP contribution in [0.4, 0.5) is 0 Å². The van der Waals surface area contributed by atoms with Crippen LogP contribution in [0.1, 0.15) is 5.56 Å². The molecule has 78 valence electrons. The van der Waals surface area contributed by atoms with Gasteiger partial charge in [0, 0.05) is 11.8 Å². The van der Waals surface area contributed by atoms with E-state index < -0.39 is 11.2 Å². The predicted molar refractivity (Wildman–Crippen MR) is 49.1 cm³/mol. The van der Waals surface area contributed by atoms with Crippen molar-refractivity contribution >= 4 is 0 Å². The van der Waals surface area contributed by atoms with E-state index in [0.29, 0.717) is 5.56 Å². The van der Waals surface area contributed by atoms with Gasteiger partial charge in [0.1, 0.15) is 6.73 Å². The highest BCUT2D eigenvalue weighted by Gasteiger charge is 1.99. The van der Waals surface area contributed by atoms with Gasteiger partial charge in [0.05, 0.1) is 13.2 Å². The lowest BCUT2D eigenvalue weighted by Crippen LogP contribution is -2.31. The molecule has 1 aromatic rings. The lowest BCUT2D eigenvalue weighted by atomic mass is 10.4. The number of ether oxygens (including phenoxy) is 1. The molecule has 0 fully saturated rings. The third-order valence-electron chi connectivity index (χ3n) is 1.65. The van der Waals surface area contributed by atoms with Crippen molar-refractivity contribution in [3.8, 4) is 0 Å². The fraction of sp³-hybridized carbons (Fsp3) is 0.500. The van der Waals surface area contributed by atoms with E-state index in [1.807, 2.05) is 0 Å². The van der Waals surface area contributed by atoms with Crippen LogP contribution in [-0.2, 0) is 11.5 Å². The summed E-state index contributed by atoms with van der Waals surface area (Å²) in [5, 5.41) is 8.44. The number of nitrogens with one attached hydrogen (secondary N) is 1. The molecule has 0 aliphatic carbocycles. The number of aliphatic hydroxyl groups is 1. The van der Waals surface area contributed by atoms with Crippen LogP contribution in [0, 0.1) is 6.92 Å². The summed E-state index contributed by atoms with van der Waals surface area (Å²) in [4.78, 5) is 24.3. The molecule has 6 heteroatoms. The standard InChI is InChI=1S/C8H12N2O4/c1-6-4-10(5-14-3-2-11)8(13)9-7(6)12/h4,11H,2-3,5H2,1H3,(H,9,12,13). The molecule has 0 saturated heterocycles. The Labute approximate surface area is 79.8 Å². The zero-order chi connectivity index (χ0) is 10.6. The molecular formula is C8H12N2O4. The largest absolute Gasteiger partial charge is 0.394 e. The maximum absolute atomic E-state index is 11.2. The van der Waals surface area contributed by atoms with Crippen LogP contribution in [0.25, 0.3) is 0 Å². The van der Waals surface area contributed by atoms with Gasteiger partial charge in [-0.15, -0.1) is 0 Å². The highest BCUT2D eigenvalue weighted by Crippen LogP contribution is 1.85. The van der Waals surface area contributed by atoms with Crippen LogP contribution in [0.3, 0.4) is 0 Å². The van der Waals surface area contributed by atoms with Gasteiger partial charge in [-0.2, -0.15) is 0 Å². The quantitative estimate of drug-likeness (QED) is 0.599. The minimum absolute atomic E-state index is 0.0248. The summed E-state index contributed by atoms with van der Waals surface area (Å²) in [5.74, 6) is 0. The van der Waals surface area contributed by atoms with Gasteiger partial charge in [-0.05, 0) is 6.92 Å². The topological polar surface area (TPSA) is 84.3 Å². The van der Waals surface area contributed by atoms with Gasteiger partial charge in [0.15, 0.2) is 0 Å². The average Bonchev–Trinajstić information content (AvgIpc) is 2.14. The van der Waals surface area contributed by atoms with E-state index in [4.69, 9.17) is 9.84 Å². The second-order valence-electron chi connectivity index (χ2n) is 2.80. The molecule has 0 unspecified atom stereocenters. The molecule has 6 nitrogen and oxygen atoms in total. The summed E-state index contributed by atoms with van der Waals surface area (Å²) in [6, 6.07) is 0. The minimum Gasteiger partial charge on any atom is -0.394 e. The van der Waals surface area contributed by atoms with Crippen molar-refractivity contribution in [2.24, 2.45) is 0 Å². The molecule has 0 aliphatic rings. The number of aliphatic hydroxyl groups excluding tert-OH is 1. The number of hydrogen-bond acceptors (Lipinski definition) is 4. The highest BCUT2D eigenvalue weighted by atomic mass is 16.5. The number of H-pyrrole nitrogens is 1. The zero-order valence-electron chi connectivity index (χ0n) is 7.82. The SMILES string of the molecule is Cc1cn(COCCO)c(=O)[nH]c1=O. The van der Waals surface area contributed by atoms with E-state index in [9.17, 15) is 9.59 Å².